The highest BCUT2D eigenvalue weighted by atomic mass is 16.2. The molecule has 0 spiro atoms. The first-order valence-electron chi connectivity index (χ1n) is 7.11. The Kier molecular flexibility index (Phi) is 5.15. The van der Waals surface area contributed by atoms with Gasteiger partial charge in [0.25, 0.3) is 0 Å². The summed E-state index contributed by atoms with van der Waals surface area (Å²) in [5.41, 5.74) is 0. The monoisotopic (exact) mass is 268 g/mol. The van der Waals surface area contributed by atoms with Gasteiger partial charge in [0.2, 0.25) is 11.8 Å². The second-order valence-corrected chi connectivity index (χ2v) is 5.41. The normalized spacial score (nSPS) is 24.5. The topological polar surface area (TPSA) is 64.7 Å². The lowest BCUT2D eigenvalue weighted by atomic mass is 10.1. The van der Waals surface area contributed by atoms with Crippen molar-refractivity contribution in [3.05, 3.63) is 0 Å². The second kappa shape index (κ2) is 6.86. The Balaban J connectivity index is 1.62. The van der Waals surface area contributed by atoms with Crippen LogP contribution in [0.4, 0.5) is 0 Å². The molecule has 2 amide bonds. The van der Waals surface area contributed by atoms with Crippen molar-refractivity contribution in [1.29, 1.82) is 0 Å². The van der Waals surface area contributed by atoms with Crippen molar-refractivity contribution in [2.75, 3.05) is 52.9 Å². The van der Waals surface area contributed by atoms with Gasteiger partial charge in [-0.2, -0.15) is 0 Å². The van der Waals surface area contributed by atoms with Crippen molar-refractivity contribution in [2.24, 2.45) is 5.92 Å². The van der Waals surface area contributed by atoms with E-state index in [-0.39, 0.29) is 17.7 Å². The summed E-state index contributed by atoms with van der Waals surface area (Å²) in [5, 5.41) is 6.03. The van der Waals surface area contributed by atoms with Crippen LogP contribution >= 0.6 is 0 Å². The molecular weight excluding hydrogens is 244 g/mol. The van der Waals surface area contributed by atoms with Crippen LogP contribution in [0.2, 0.25) is 0 Å². The summed E-state index contributed by atoms with van der Waals surface area (Å²) >= 11 is 0. The molecule has 6 nitrogen and oxygen atoms in total. The minimum atomic E-state index is 0.0798. The maximum Gasteiger partial charge on any atom is 0.224 e. The summed E-state index contributed by atoms with van der Waals surface area (Å²) in [6.07, 6.45) is 1.31. The largest absolute Gasteiger partial charge is 0.355 e. The zero-order valence-corrected chi connectivity index (χ0v) is 11.7. The lowest BCUT2D eigenvalue weighted by Gasteiger charge is -2.32. The first-order chi connectivity index (χ1) is 9.16. The van der Waals surface area contributed by atoms with Crippen molar-refractivity contribution >= 4 is 11.8 Å². The summed E-state index contributed by atoms with van der Waals surface area (Å²) in [4.78, 5) is 27.8. The first-order valence-corrected chi connectivity index (χ1v) is 7.11. The number of carbonyl (C=O) groups excluding carboxylic acids is 2. The molecule has 19 heavy (non-hydrogen) atoms. The van der Waals surface area contributed by atoms with Gasteiger partial charge in [-0.1, -0.05) is 0 Å². The summed E-state index contributed by atoms with van der Waals surface area (Å²) in [5.74, 6) is 0.313. The van der Waals surface area contributed by atoms with Gasteiger partial charge in [0.15, 0.2) is 0 Å². The fourth-order valence-corrected chi connectivity index (χ4v) is 2.53. The summed E-state index contributed by atoms with van der Waals surface area (Å²) in [6.45, 7) is 5.61. The molecule has 2 rings (SSSR count). The Labute approximate surface area is 114 Å². The van der Waals surface area contributed by atoms with E-state index in [9.17, 15) is 9.59 Å². The number of hydrogen-bond acceptors (Lipinski definition) is 4. The van der Waals surface area contributed by atoms with Crippen LogP contribution < -0.4 is 10.6 Å². The average molecular weight is 268 g/mol. The summed E-state index contributed by atoms with van der Waals surface area (Å²) < 4.78 is 0. The zero-order valence-electron chi connectivity index (χ0n) is 11.7. The van der Waals surface area contributed by atoms with Gasteiger partial charge in [-0.25, -0.2) is 0 Å². The number of nitrogens with zero attached hydrogens (tertiary/aromatic N) is 2. The Hall–Kier alpha value is -1.14. The van der Waals surface area contributed by atoms with Crippen LogP contribution in [0.25, 0.3) is 0 Å². The van der Waals surface area contributed by atoms with Crippen molar-refractivity contribution in [2.45, 2.75) is 12.8 Å². The van der Waals surface area contributed by atoms with E-state index in [1.165, 1.54) is 0 Å². The molecule has 0 saturated carbocycles. The number of amides is 2. The van der Waals surface area contributed by atoms with Gasteiger partial charge in [0, 0.05) is 45.7 Å². The van der Waals surface area contributed by atoms with Gasteiger partial charge >= 0.3 is 0 Å². The van der Waals surface area contributed by atoms with E-state index in [4.69, 9.17) is 0 Å². The molecule has 0 aliphatic carbocycles. The lowest BCUT2D eigenvalue weighted by molar-refractivity contribution is -0.132. The molecule has 2 fully saturated rings. The second-order valence-electron chi connectivity index (χ2n) is 5.41. The SMILES string of the molecule is CN1CCN(C(=O)CCNC(=O)[C@H]2CCNC2)CC1. The predicted octanol–water partition coefficient (Wildman–Crippen LogP) is -1.12. The van der Waals surface area contributed by atoms with Gasteiger partial charge in [-0.3, -0.25) is 9.59 Å². The molecule has 2 N–H and O–H groups in total. The molecule has 0 radical (unpaired) electrons. The quantitative estimate of drug-likeness (QED) is 0.678. The molecule has 2 aliphatic rings. The number of nitrogens with one attached hydrogen (secondary N) is 2. The Bertz CT molecular complexity index is 321. The Morgan fingerprint density at radius 3 is 2.63 bits per heavy atom. The molecule has 2 heterocycles. The molecule has 108 valence electrons. The van der Waals surface area contributed by atoms with Crippen molar-refractivity contribution in [3.8, 4) is 0 Å². The van der Waals surface area contributed by atoms with Gasteiger partial charge in [-0.05, 0) is 20.0 Å². The fourth-order valence-electron chi connectivity index (χ4n) is 2.53. The van der Waals surface area contributed by atoms with Crippen molar-refractivity contribution < 1.29 is 9.59 Å². The van der Waals surface area contributed by atoms with E-state index in [1.807, 2.05) is 4.90 Å². The highest BCUT2D eigenvalue weighted by Gasteiger charge is 2.23. The molecule has 2 aliphatic heterocycles. The maximum atomic E-state index is 12.0. The summed E-state index contributed by atoms with van der Waals surface area (Å²) in [7, 11) is 2.07. The molecule has 0 aromatic rings. The molecular formula is C13H24N4O2. The van der Waals surface area contributed by atoms with Crippen LogP contribution in [0, 0.1) is 5.92 Å². The van der Waals surface area contributed by atoms with E-state index in [2.05, 4.69) is 22.6 Å². The Morgan fingerprint density at radius 1 is 1.26 bits per heavy atom. The minimum Gasteiger partial charge on any atom is -0.355 e. The van der Waals surface area contributed by atoms with Gasteiger partial charge < -0.3 is 20.4 Å². The lowest BCUT2D eigenvalue weighted by Crippen LogP contribution is -2.47. The molecule has 1 atom stereocenters. The highest BCUT2D eigenvalue weighted by molar-refractivity contribution is 5.81. The van der Waals surface area contributed by atoms with Gasteiger partial charge in [-0.15, -0.1) is 0 Å². The third kappa shape index (κ3) is 4.18. The van der Waals surface area contributed by atoms with Crippen LogP contribution in [-0.4, -0.2) is 74.5 Å². The molecule has 0 aromatic carbocycles. The number of rotatable bonds is 4. The van der Waals surface area contributed by atoms with Crippen LogP contribution in [0.1, 0.15) is 12.8 Å². The fraction of sp³-hybridized carbons (Fsp3) is 0.846. The third-order valence-electron chi connectivity index (χ3n) is 3.93. The molecule has 0 bridgehead atoms. The smallest absolute Gasteiger partial charge is 0.224 e. The maximum absolute atomic E-state index is 12.0. The van der Waals surface area contributed by atoms with E-state index in [0.717, 1.165) is 45.7 Å². The molecule has 6 heteroatoms. The molecule has 0 unspecified atom stereocenters. The zero-order chi connectivity index (χ0) is 13.7. The van der Waals surface area contributed by atoms with Crippen LogP contribution in [0.3, 0.4) is 0 Å². The molecule has 2 saturated heterocycles. The number of carbonyl (C=O) groups is 2. The van der Waals surface area contributed by atoms with Crippen molar-refractivity contribution in [3.63, 3.8) is 0 Å². The third-order valence-corrected chi connectivity index (χ3v) is 3.93. The Morgan fingerprint density at radius 2 is 2.00 bits per heavy atom. The van der Waals surface area contributed by atoms with E-state index < -0.39 is 0 Å². The van der Waals surface area contributed by atoms with Crippen LogP contribution in [-0.2, 0) is 9.59 Å². The average Bonchev–Trinajstić information content (AvgIpc) is 2.93. The standard InChI is InChI=1S/C13H24N4O2/c1-16-6-8-17(9-7-16)12(18)3-5-15-13(19)11-2-4-14-10-11/h11,14H,2-10H2,1H3,(H,15,19)/t11-/m0/s1. The van der Waals surface area contributed by atoms with E-state index in [1.54, 1.807) is 0 Å². The number of hydrogen-bond donors (Lipinski definition) is 2. The minimum absolute atomic E-state index is 0.0798. The van der Waals surface area contributed by atoms with Crippen molar-refractivity contribution in [1.82, 2.24) is 20.4 Å². The number of piperazine rings is 1. The predicted molar refractivity (Wildman–Crippen MR) is 72.7 cm³/mol. The highest BCUT2D eigenvalue weighted by Crippen LogP contribution is 2.07. The molecule has 0 aromatic heterocycles. The first kappa shape index (κ1) is 14.3. The number of likely N-dealkylation sites (N-methyl/N-ethyl adjacent to an activating group) is 1. The van der Waals surface area contributed by atoms with Crippen LogP contribution in [0.15, 0.2) is 0 Å². The van der Waals surface area contributed by atoms with Gasteiger partial charge in [0.05, 0.1) is 5.92 Å². The van der Waals surface area contributed by atoms with E-state index >= 15 is 0 Å². The summed E-state index contributed by atoms with van der Waals surface area (Å²) in [6, 6.07) is 0. The van der Waals surface area contributed by atoms with Crippen LogP contribution in [0.5, 0.6) is 0 Å². The van der Waals surface area contributed by atoms with Gasteiger partial charge in [0.1, 0.15) is 0 Å². The van der Waals surface area contributed by atoms with E-state index in [0.29, 0.717) is 13.0 Å².